The van der Waals surface area contributed by atoms with E-state index in [-0.39, 0.29) is 19.4 Å². The topological polar surface area (TPSA) is 111 Å². The minimum atomic E-state index is -1.15. The third-order valence-electron chi connectivity index (χ3n) is 5.80. The van der Waals surface area contributed by atoms with E-state index in [9.17, 15) is 14.7 Å². The minimum absolute atomic E-state index is 0.191. The van der Waals surface area contributed by atoms with Crippen LogP contribution in [0.3, 0.4) is 0 Å². The number of alkyl halides is 2. The molecule has 1 fully saturated rings. The highest BCUT2D eigenvalue weighted by Gasteiger charge is 2.46. The van der Waals surface area contributed by atoms with E-state index >= 15 is 0 Å². The average molecular weight is 503 g/mol. The van der Waals surface area contributed by atoms with Crippen LogP contribution in [0.2, 0.25) is 0 Å². The van der Waals surface area contributed by atoms with Crippen molar-refractivity contribution in [2.24, 2.45) is 11.7 Å². The van der Waals surface area contributed by atoms with Crippen molar-refractivity contribution >= 4 is 35.1 Å². The van der Waals surface area contributed by atoms with Crippen LogP contribution in [0.25, 0.3) is 0 Å². The number of aliphatic hydroxyl groups excluding tert-OH is 1. The van der Waals surface area contributed by atoms with Gasteiger partial charge in [-0.2, -0.15) is 0 Å². The molecule has 1 aromatic carbocycles. The van der Waals surface area contributed by atoms with E-state index in [1.54, 1.807) is 6.92 Å². The maximum absolute atomic E-state index is 13.0. The summed E-state index contributed by atoms with van der Waals surface area (Å²) in [5, 5.41) is 12.1. The van der Waals surface area contributed by atoms with Gasteiger partial charge in [-0.15, -0.1) is 23.2 Å². The minimum Gasteiger partial charge on any atom is -0.464 e. The number of halogens is 2. The second kappa shape index (κ2) is 14.8. The second-order valence-electron chi connectivity index (χ2n) is 8.33. The van der Waals surface area contributed by atoms with Gasteiger partial charge in [0.2, 0.25) is 5.91 Å². The molecule has 33 heavy (non-hydrogen) atoms. The summed E-state index contributed by atoms with van der Waals surface area (Å²) in [5.74, 6) is -1.86. The van der Waals surface area contributed by atoms with Crippen molar-refractivity contribution in [2.45, 2.75) is 74.5 Å². The fourth-order valence-corrected chi connectivity index (χ4v) is 4.89. The van der Waals surface area contributed by atoms with Crippen LogP contribution < -0.4 is 11.1 Å². The fraction of sp³-hybridized carbons (Fsp3) is 0.667. The van der Waals surface area contributed by atoms with Gasteiger partial charge in [-0.25, -0.2) is 4.79 Å². The number of unbranched alkanes of at least 4 members (excludes halogenated alkanes) is 3. The van der Waals surface area contributed by atoms with Crippen LogP contribution in [0.15, 0.2) is 30.3 Å². The lowest BCUT2D eigenvalue weighted by Gasteiger charge is -2.39. The molecule has 0 aromatic heterocycles. The third-order valence-corrected chi connectivity index (χ3v) is 6.74. The largest absolute Gasteiger partial charge is 0.464 e. The van der Waals surface area contributed by atoms with Gasteiger partial charge in [-0.3, -0.25) is 4.79 Å². The number of amides is 1. The molecule has 0 bridgehead atoms. The van der Waals surface area contributed by atoms with Gasteiger partial charge in [0, 0.05) is 13.0 Å². The van der Waals surface area contributed by atoms with E-state index in [1.807, 2.05) is 30.3 Å². The lowest BCUT2D eigenvalue weighted by molar-refractivity contribution is -0.149. The number of hydrogen-bond donors (Lipinski definition) is 3. The zero-order chi connectivity index (χ0) is 24.2. The number of ether oxygens (including phenoxy) is 2. The van der Waals surface area contributed by atoms with Crippen LogP contribution in [0.1, 0.15) is 44.6 Å². The van der Waals surface area contributed by atoms with Crippen LogP contribution in [0.4, 0.5) is 0 Å². The zero-order valence-electron chi connectivity index (χ0n) is 19.1. The van der Waals surface area contributed by atoms with Crippen LogP contribution in [0, 0.1) is 5.92 Å². The number of aliphatic hydroxyl groups is 1. The first-order chi connectivity index (χ1) is 15.9. The quantitative estimate of drug-likeness (QED) is 0.217. The Balaban J connectivity index is 1.96. The van der Waals surface area contributed by atoms with E-state index in [0.717, 1.165) is 31.2 Å². The highest BCUT2D eigenvalue weighted by atomic mass is 35.5. The molecule has 0 spiro atoms. The van der Waals surface area contributed by atoms with Gasteiger partial charge < -0.3 is 25.6 Å². The number of nitrogens with one attached hydrogen (secondary N) is 1. The normalized spacial score (nSPS) is 25.9. The summed E-state index contributed by atoms with van der Waals surface area (Å²) >= 11 is 13.0. The standard InChI is InChI=1S/C24H36Cl2N2O5/c1-2-32-24(31)19(14-16-10-6-5-7-11-16)28-23(30)17-15-18(25)22(20(26)21(17)29)33-13-9-4-3-8-12-27/h5-7,10-11,17-22,29H,2-4,8-9,12-15,27H2,1H3,(H,28,30)/t17?,18?,19-,20?,21?,22?/m0/s1. The van der Waals surface area contributed by atoms with E-state index in [0.29, 0.717) is 13.2 Å². The van der Waals surface area contributed by atoms with Crippen molar-refractivity contribution in [1.82, 2.24) is 5.32 Å². The molecule has 1 amide bonds. The summed E-state index contributed by atoms with van der Waals surface area (Å²) < 4.78 is 11.0. The monoisotopic (exact) mass is 502 g/mol. The number of esters is 1. The first-order valence-electron chi connectivity index (χ1n) is 11.7. The van der Waals surface area contributed by atoms with Crippen molar-refractivity contribution < 1.29 is 24.2 Å². The van der Waals surface area contributed by atoms with Crippen LogP contribution >= 0.6 is 23.2 Å². The molecule has 1 aliphatic carbocycles. The Morgan fingerprint density at radius 3 is 2.55 bits per heavy atom. The molecular formula is C24H36Cl2N2O5. The van der Waals surface area contributed by atoms with Crippen LogP contribution in [-0.4, -0.2) is 65.7 Å². The lowest BCUT2D eigenvalue weighted by atomic mass is 9.83. The third kappa shape index (κ3) is 8.72. The summed E-state index contributed by atoms with van der Waals surface area (Å²) in [4.78, 5) is 25.5. The Bertz CT molecular complexity index is 724. The summed E-state index contributed by atoms with van der Waals surface area (Å²) in [6.45, 7) is 3.06. The number of hydrogen-bond acceptors (Lipinski definition) is 6. The molecule has 4 N–H and O–H groups in total. The van der Waals surface area contributed by atoms with E-state index < -0.39 is 46.8 Å². The van der Waals surface area contributed by atoms with Gasteiger partial charge in [-0.05, 0) is 38.3 Å². The number of carbonyl (C=O) groups is 2. The first kappa shape index (κ1) is 27.9. The molecule has 1 aromatic rings. The Morgan fingerprint density at radius 1 is 1.18 bits per heavy atom. The lowest BCUT2D eigenvalue weighted by Crippen LogP contribution is -2.56. The summed E-state index contributed by atoms with van der Waals surface area (Å²) in [6, 6.07) is 8.46. The Labute approximate surface area is 206 Å². The van der Waals surface area contributed by atoms with Crippen molar-refractivity contribution in [3.63, 3.8) is 0 Å². The maximum atomic E-state index is 13.0. The Kier molecular flexibility index (Phi) is 12.5. The molecule has 9 heteroatoms. The molecule has 6 atom stereocenters. The molecule has 0 saturated heterocycles. The van der Waals surface area contributed by atoms with Crippen molar-refractivity contribution in [3.05, 3.63) is 35.9 Å². The number of benzene rings is 1. The maximum Gasteiger partial charge on any atom is 0.328 e. The van der Waals surface area contributed by atoms with Gasteiger partial charge in [0.15, 0.2) is 0 Å². The van der Waals surface area contributed by atoms with Gasteiger partial charge in [-0.1, -0.05) is 43.2 Å². The number of rotatable bonds is 13. The smallest absolute Gasteiger partial charge is 0.328 e. The molecule has 0 radical (unpaired) electrons. The molecule has 1 saturated carbocycles. The van der Waals surface area contributed by atoms with E-state index in [4.69, 9.17) is 38.4 Å². The summed E-state index contributed by atoms with van der Waals surface area (Å²) in [5.41, 5.74) is 6.38. The Morgan fingerprint density at radius 2 is 1.88 bits per heavy atom. The molecule has 2 rings (SSSR count). The molecule has 7 nitrogen and oxygen atoms in total. The average Bonchev–Trinajstić information content (AvgIpc) is 2.80. The second-order valence-corrected chi connectivity index (χ2v) is 9.40. The van der Waals surface area contributed by atoms with E-state index in [1.165, 1.54) is 0 Å². The highest BCUT2D eigenvalue weighted by Crippen LogP contribution is 2.34. The molecule has 186 valence electrons. The van der Waals surface area contributed by atoms with Crippen molar-refractivity contribution in [1.29, 1.82) is 0 Å². The first-order valence-corrected chi connectivity index (χ1v) is 12.5. The zero-order valence-corrected chi connectivity index (χ0v) is 20.6. The van der Waals surface area contributed by atoms with Crippen molar-refractivity contribution in [2.75, 3.05) is 19.8 Å². The SMILES string of the molecule is CCOC(=O)[C@H](Cc1ccccc1)NC(=O)C1CC(Cl)C(OCCCCCCN)C(Cl)C1O. The molecule has 1 aliphatic rings. The predicted octanol–water partition coefficient (Wildman–Crippen LogP) is 2.78. The fourth-order valence-electron chi connectivity index (χ4n) is 3.97. The van der Waals surface area contributed by atoms with E-state index in [2.05, 4.69) is 5.32 Å². The molecule has 0 heterocycles. The van der Waals surface area contributed by atoms with Gasteiger partial charge >= 0.3 is 5.97 Å². The number of carbonyl (C=O) groups excluding carboxylic acids is 2. The van der Waals surface area contributed by atoms with Crippen molar-refractivity contribution in [3.8, 4) is 0 Å². The van der Waals surface area contributed by atoms with Gasteiger partial charge in [0.25, 0.3) is 0 Å². The Hall–Kier alpha value is -1.38. The van der Waals surface area contributed by atoms with Crippen LogP contribution in [0.5, 0.6) is 0 Å². The summed E-state index contributed by atoms with van der Waals surface area (Å²) in [7, 11) is 0. The van der Waals surface area contributed by atoms with Gasteiger partial charge in [0.05, 0.1) is 35.5 Å². The highest BCUT2D eigenvalue weighted by molar-refractivity contribution is 6.25. The number of nitrogens with two attached hydrogens (primary N) is 1. The molecule has 5 unspecified atom stereocenters. The molecular weight excluding hydrogens is 467 g/mol. The van der Waals surface area contributed by atoms with Gasteiger partial charge in [0.1, 0.15) is 6.04 Å². The predicted molar refractivity (Wildman–Crippen MR) is 129 cm³/mol. The van der Waals surface area contributed by atoms with Crippen LogP contribution in [-0.2, 0) is 25.5 Å². The summed E-state index contributed by atoms with van der Waals surface area (Å²) in [6.07, 6.45) is 2.62. The molecule has 0 aliphatic heterocycles.